The number of nitrogens with one attached hydrogen (secondary N) is 1. The molecule has 2 atom stereocenters. The molecule has 0 aromatic heterocycles. The molecule has 1 N–H and O–H groups in total. The predicted octanol–water partition coefficient (Wildman–Crippen LogP) is 0.802. The van der Waals surface area contributed by atoms with E-state index in [9.17, 15) is 0 Å². The Balaban J connectivity index is 2.12. The smallest absolute Gasteiger partial charge is 0.189 e. The first-order valence-electron chi connectivity index (χ1n) is 4.53. The molecule has 2 unspecified atom stereocenters. The molecule has 1 fully saturated rings. The van der Waals surface area contributed by atoms with Crippen LogP contribution in [0, 0.1) is 5.41 Å². The van der Waals surface area contributed by atoms with E-state index in [1.807, 2.05) is 0 Å². The van der Waals surface area contributed by atoms with Crippen LogP contribution in [0.3, 0.4) is 0 Å². The Hall–Kier alpha value is -0.570. The van der Waals surface area contributed by atoms with Crippen molar-refractivity contribution in [3.05, 3.63) is 0 Å². The second-order valence-corrected chi connectivity index (χ2v) is 4.57. The van der Waals surface area contributed by atoms with Crippen LogP contribution in [0.2, 0.25) is 0 Å². The molecule has 0 radical (unpaired) electrons. The Morgan fingerprint density at radius 3 is 2.75 bits per heavy atom. The van der Waals surface area contributed by atoms with Gasteiger partial charge < -0.3 is 10.1 Å². The second kappa shape index (κ2) is 2.46. The number of rotatable bonds is 0. The van der Waals surface area contributed by atoms with E-state index in [4.69, 9.17) is 4.74 Å². The van der Waals surface area contributed by atoms with Gasteiger partial charge >= 0.3 is 0 Å². The zero-order valence-electron chi connectivity index (χ0n) is 7.92. The molecule has 2 heterocycles. The number of hydrogen-bond donors (Lipinski definition) is 1. The summed E-state index contributed by atoms with van der Waals surface area (Å²) in [4.78, 5) is 4.55. The van der Waals surface area contributed by atoms with Crippen molar-refractivity contribution in [2.75, 3.05) is 13.1 Å². The summed E-state index contributed by atoms with van der Waals surface area (Å²) in [7, 11) is 0. The average molecular weight is 168 g/mol. The van der Waals surface area contributed by atoms with E-state index in [0.29, 0.717) is 12.1 Å². The van der Waals surface area contributed by atoms with Gasteiger partial charge in [0.2, 0.25) is 0 Å². The van der Waals surface area contributed by atoms with Gasteiger partial charge in [-0.1, -0.05) is 20.8 Å². The molecule has 2 aliphatic heterocycles. The fourth-order valence-corrected chi connectivity index (χ4v) is 1.58. The molecule has 0 aliphatic carbocycles. The Bertz CT molecular complexity index is 217. The fraction of sp³-hybridized carbons (Fsp3) is 0.889. The van der Waals surface area contributed by atoms with Gasteiger partial charge in [0.15, 0.2) is 5.90 Å². The Morgan fingerprint density at radius 2 is 2.17 bits per heavy atom. The zero-order chi connectivity index (χ0) is 8.77. The Morgan fingerprint density at radius 1 is 1.42 bits per heavy atom. The second-order valence-electron chi connectivity index (χ2n) is 4.57. The van der Waals surface area contributed by atoms with Gasteiger partial charge in [0, 0.05) is 18.5 Å². The van der Waals surface area contributed by atoms with Crippen LogP contribution in [0.1, 0.15) is 20.8 Å². The van der Waals surface area contributed by atoms with Crippen LogP contribution in [-0.2, 0) is 4.74 Å². The number of aliphatic imine (C=N–C) groups is 1. The maximum atomic E-state index is 5.74. The van der Waals surface area contributed by atoms with Gasteiger partial charge in [-0.05, 0) is 0 Å². The minimum absolute atomic E-state index is 0.0737. The lowest BCUT2D eigenvalue weighted by Crippen LogP contribution is -2.26. The number of fused-ring (bicyclic) bond motifs is 1. The minimum atomic E-state index is 0.0737. The van der Waals surface area contributed by atoms with Crippen molar-refractivity contribution in [1.82, 2.24) is 5.32 Å². The monoisotopic (exact) mass is 168 g/mol. The van der Waals surface area contributed by atoms with E-state index in [-0.39, 0.29) is 5.41 Å². The summed E-state index contributed by atoms with van der Waals surface area (Å²) in [5.41, 5.74) is 0.0737. The third-order valence-electron chi connectivity index (χ3n) is 2.32. The van der Waals surface area contributed by atoms with Crippen LogP contribution in [0.15, 0.2) is 4.99 Å². The van der Waals surface area contributed by atoms with Crippen LogP contribution in [0.5, 0.6) is 0 Å². The normalized spacial score (nSPS) is 34.4. The summed E-state index contributed by atoms with van der Waals surface area (Å²) < 4.78 is 5.74. The minimum Gasteiger partial charge on any atom is -0.474 e. The SMILES string of the molecule is CC(C)(C)C1=NC2CNCC2O1. The van der Waals surface area contributed by atoms with Crippen molar-refractivity contribution in [3.63, 3.8) is 0 Å². The predicted molar refractivity (Wildman–Crippen MR) is 48.4 cm³/mol. The van der Waals surface area contributed by atoms with E-state index in [0.717, 1.165) is 19.0 Å². The van der Waals surface area contributed by atoms with Gasteiger partial charge in [-0.3, -0.25) is 0 Å². The Labute approximate surface area is 73.2 Å². The summed E-state index contributed by atoms with van der Waals surface area (Å²) in [6.45, 7) is 8.35. The molecule has 0 amide bonds. The van der Waals surface area contributed by atoms with Crippen LogP contribution < -0.4 is 5.32 Å². The molecule has 2 aliphatic rings. The maximum Gasteiger partial charge on any atom is 0.189 e. The van der Waals surface area contributed by atoms with Crippen molar-refractivity contribution < 1.29 is 4.74 Å². The molecule has 0 spiro atoms. The summed E-state index contributed by atoms with van der Waals surface area (Å²) in [6.07, 6.45) is 0.305. The first-order chi connectivity index (χ1) is 5.57. The fourth-order valence-electron chi connectivity index (χ4n) is 1.58. The molecule has 0 saturated carbocycles. The molecule has 1 saturated heterocycles. The van der Waals surface area contributed by atoms with E-state index in [2.05, 4.69) is 31.1 Å². The highest BCUT2D eigenvalue weighted by atomic mass is 16.5. The average Bonchev–Trinajstić information content (AvgIpc) is 2.37. The first-order valence-corrected chi connectivity index (χ1v) is 4.53. The van der Waals surface area contributed by atoms with Crippen molar-refractivity contribution in [1.29, 1.82) is 0 Å². The lowest BCUT2D eigenvalue weighted by atomic mass is 9.97. The molecule has 0 bridgehead atoms. The third kappa shape index (κ3) is 1.22. The van der Waals surface area contributed by atoms with Crippen molar-refractivity contribution in [3.8, 4) is 0 Å². The van der Waals surface area contributed by atoms with Crippen LogP contribution >= 0.6 is 0 Å². The summed E-state index contributed by atoms with van der Waals surface area (Å²) in [6, 6.07) is 0.374. The van der Waals surface area contributed by atoms with Crippen LogP contribution in [-0.4, -0.2) is 31.1 Å². The molecule has 12 heavy (non-hydrogen) atoms. The highest BCUT2D eigenvalue weighted by Crippen LogP contribution is 2.26. The van der Waals surface area contributed by atoms with Gasteiger partial charge in [-0.2, -0.15) is 0 Å². The largest absolute Gasteiger partial charge is 0.474 e. The molecule has 3 heteroatoms. The maximum absolute atomic E-state index is 5.74. The van der Waals surface area contributed by atoms with Gasteiger partial charge in [0.1, 0.15) is 12.1 Å². The quantitative estimate of drug-likeness (QED) is 0.580. The topological polar surface area (TPSA) is 33.6 Å². The van der Waals surface area contributed by atoms with Gasteiger partial charge in [-0.15, -0.1) is 0 Å². The molecule has 68 valence electrons. The van der Waals surface area contributed by atoms with Gasteiger partial charge in [0.25, 0.3) is 0 Å². The van der Waals surface area contributed by atoms with E-state index < -0.39 is 0 Å². The lowest BCUT2D eigenvalue weighted by Gasteiger charge is -2.19. The van der Waals surface area contributed by atoms with E-state index in [1.54, 1.807) is 0 Å². The molecular formula is C9H16N2O. The summed E-state index contributed by atoms with van der Waals surface area (Å²) in [5, 5.41) is 3.26. The van der Waals surface area contributed by atoms with E-state index in [1.165, 1.54) is 0 Å². The highest BCUT2D eigenvalue weighted by Gasteiger charge is 2.38. The number of hydrogen-bond acceptors (Lipinski definition) is 3. The molecule has 0 aromatic rings. The molecular weight excluding hydrogens is 152 g/mol. The Kier molecular flexibility index (Phi) is 1.65. The molecule has 2 rings (SSSR count). The number of ether oxygens (including phenoxy) is 1. The first kappa shape index (κ1) is 8.05. The van der Waals surface area contributed by atoms with Crippen molar-refractivity contribution in [2.45, 2.75) is 32.9 Å². The number of nitrogens with zero attached hydrogens (tertiary/aromatic N) is 1. The van der Waals surface area contributed by atoms with Gasteiger partial charge in [0.05, 0.1) is 0 Å². The summed E-state index contributed by atoms with van der Waals surface area (Å²) in [5.74, 6) is 0.930. The standard InChI is InChI=1S/C9H16N2O/c1-9(2,3)8-11-6-4-10-5-7(6)12-8/h6-7,10H,4-5H2,1-3H3. The third-order valence-corrected chi connectivity index (χ3v) is 2.32. The molecule has 3 nitrogen and oxygen atoms in total. The highest BCUT2D eigenvalue weighted by molar-refractivity contribution is 5.83. The van der Waals surface area contributed by atoms with Crippen LogP contribution in [0.4, 0.5) is 0 Å². The lowest BCUT2D eigenvalue weighted by molar-refractivity contribution is 0.201. The van der Waals surface area contributed by atoms with E-state index >= 15 is 0 Å². The van der Waals surface area contributed by atoms with Crippen molar-refractivity contribution in [2.24, 2.45) is 10.4 Å². The molecule has 0 aromatic carbocycles. The van der Waals surface area contributed by atoms with Crippen LogP contribution in [0.25, 0.3) is 0 Å². The zero-order valence-corrected chi connectivity index (χ0v) is 7.92. The summed E-state index contributed by atoms with van der Waals surface area (Å²) >= 11 is 0. The van der Waals surface area contributed by atoms with Crippen molar-refractivity contribution >= 4 is 5.90 Å². The van der Waals surface area contributed by atoms with Gasteiger partial charge in [-0.25, -0.2) is 4.99 Å².